The van der Waals surface area contributed by atoms with Crippen molar-refractivity contribution in [1.82, 2.24) is 10.0 Å². The summed E-state index contributed by atoms with van der Waals surface area (Å²) in [5.74, 6) is -3.08. The van der Waals surface area contributed by atoms with Crippen LogP contribution in [-0.4, -0.2) is 41.6 Å². The van der Waals surface area contributed by atoms with Crippen molar-refractivity contribution in [2.75, 3.05) is 18.8 Å². The fourth-order valence-corrected chi connectivity index (χ4v) is 4.73. The molecule has 0 aromatic heterocycles. The molecule has 2 rings (SSSR count). The Balaban J connectivity index is 1.72. The second-order valence-corrected chi connectivity index (χ2v) is 9.94. The molecule has 0 spiro atoms. The van der Waals surface area contributed by atoms with E-state index in [1.54, 1.807) is 18.2 Å². The van der Waals surface area contributed by atoms with Crippen LogP contribution in [0.3, 0.4) is 0 Å². The van der Waals surface area contributed by atoms with Crippen LogP contribution in [-0.2, 0) is 24.7 Å². The van der Waals surface area contributed by atoms with Crippen LogP contribution in [0.4, 0.5) is 8.78 Å². The predicted molar refractivity (Wildman–Crippen MR) is 102 cm³/mol. The Morgan fingerprint density at radius 1 is 0.862 bits per heavy atom. The number of carbonyl (C=O) groups excluding carboxylic acids is 1. The van der Waals surface area contributed by atoms with E-state index in [-0.39, 0.29) is 36.6 Å². The number of sulfonamides is 1. The molecule has 0 atom stereocenters. The molecule has 0 saturated heterocycles. The zero-order valence-corrected chi connectivity index (χ0v) is 16.9. The minimum atomic E-state index is -4.09. The summed E-state index contributed by atoms with van der Waals surface area (Å²) < 4.78 is 76.3. The van der Waals surface area contributed by atoms with Crippen LogP contribution in [0, 0.1) is 11.6 Å². The first-order valence-corrected chi connectivity index (χ1v) is 11.7. The van der Waals surface area contributed by atoms with E-state index >= 15 is 0 Å². The van der Waals surface area contributed by atoms with E-state index in [0.717, 1.165) is 6.07 Å². The van der Waals surface area contributed by atoms with Crippen molar-refractivity contribution in [3.63, 3.8) is 0 Å². The zero-order chi connectivity index (χ0) is 21.5. The molecular weight excluding hydrogens is 426 g/mol. The third kappa shape index (κ3) is 6.87. The highest BCUT2D eigenvalue weighted by molar-refractivity contribution is 7.91. The molecule has 158 valence electrons. The fraction of sp³-hybridized carbons (Fsp3) is 0.278. The average molecular weight is 446 g/mol. The first-order valence-electron chi connectivity index (χ1n) is 8.61. The molecule has 0 saturated carbocycles. The molecule has 0 heterocycles. The lowest BCUT2D eigenvalue weighted by molar-refractivity contribution is -0.120. The van der Waals surface area contributed by atoms with Crippen LogP contribution in [0.25, 0.3) is 0 Å². The summed E-state index contributed by atoms with van der Waals surface area (Å²) in [7, 11) is -7.52. The molecule has 0 fully saturated rings. The molecule has 1 amide bonds. The summed E-state index contributed by atoms with van der Waals surface area (Å²) in [4.78, 5) is 11.5. The topological polar surface area (TPSA) is 109 Å². The molecule has 0 aliphatic rings. The summed E-state index contributed by atoms with van der Waals surface area (Å²) in [6.45, 7) is -0.143. The number of sulfone groups is 1. The van der Waals surface area contributed by atoms with Gasteiger partial charge < -0.3 is 5.32 Å². The smallest absolute Gasteiger partial charge is 0.240 e. The molecule has 29 heavy (non-hydrogen) atoms. The summed E-state index contributed by atoms with van der Waals surface area (Å²) in [5, 5.41) is 2.50. The second kappa shape index (κ2) is 9.90. The fourth-order valence-electron chi connectivity index (χ4n) is 2.35. The predicted octanol–water partition coefficient (Wildman–Crippen LogP) is 1.61. The molecule has 2 aromatic rings. The molecular formula is C18H20F2N2O5S2. The molecule has 7 nitrogen and oxygen atoms in total. The number of hydrogen-bond donors (Lipinski definition) is 2. The maximum Gasteiger partial charge on any atom is 0.240 e. The summed E-state index contributed by atoms with van der Waals surface area (Å²) in [6, 6.07) is 10.1. The Morgan fingerprint density at radius 2 is 1.55 bits per heavy atom. The van der Waals surface area contributed by atoms with Crippen LogP contribution in [0.5, 0.6) is 0 Å². The molecule has 0 radical (unpaired) electrons. The average Bonchev–Trinajstić information content (AvgIpc) is 2.68. The van der Waals surface area contributed by atoms with Crippen molar-refractivity contribution in [3.05, 3.63) is 60.2 Å². The van der Waals surface area contributed by atoms with Gasteiger partial charge in [-0.25, -0.2) is 30.3 Å². The van der Waals surface area contributed by atoms with Gasteiger partial charge in [-0.2, -0.15) is 0 Å². The Hall–Kier alpha value is -2.37. The van der Waals surface area contributed by atoms with Crippen molar-refractivity contribution < 1.29 is 30.4 Å². The molecule has 0 aliphatic carbocycles. The molecule has 2 N–H and O–H groups in total. The zero-order valence-electron chi connectivity index (χ0n) is 15.3. The van der Waals surface area contributed by atoms with Crippen LogP contribution in [0.1, 0.15) is 12.8 Å². The maximum absolute atomic E-state index is 13.2. The number of amides is 1. The van der Waals surface area contributed by atoms with Crippen molar-refractivity contribution >= 4 is 25.8 Å². The Bertz CT molecular complexity index is 1060. The van der Waals surface area contributed by atoms with Crippen LogP contribution in [0.15, 0.2) is 58.3 Å². The van der Waals surface area contributed by atoms with E-state index in [0.29, 0.717) is 12.1 Å². The third-order valence-electron chi connectivity index (χ3n) is 3.86. The SMILES string of the molecule is O=C(CCNS(=O)(=O)c1ccc(F)c(F)c1)NCCCS(=O)(=O)c1ccccc1. The number of hydrogen-bond acceptors (Lipinski definition) is 5. The van der Waals surface area contributed by atoms with E-state index in [4.69, 9.17) is 0 Å². The van der Waals surface area contributed by atoms with Gasteiger partial charge in [0.15, 0.2) is 21.5 Å². The highest BCUT2D eigenvalue weighted by Crippen LogP contribution is 2.13. The summed E-state index contributed by atoms with van der Waals surface area (Å²) in [6.07, 6.45) is -0.00209. The van der Waals surface area contributed by atoms with Gasteiger partial charge in [0, 0.05) is 19.5 Å². The van der Waals surface area contributed by atoms with Crippen LogP contribution < -0.4 is 10.0 Å². The highest BCUT2D eigenvalue weighted by atomic mass is 32.2. The van der Waals surface area contributed by atoms with E-state index in [9.17, 15) is 30.4 Å². The van der Waals surface area contributed by atoms with Gasteiger partial charge in [-0.3, -0.25) is 4.79 Å². The second-order valence-electron chi connectivity index (χ2n) is 6.06. The number of benzene rings is 2. The van der Waals surface area contributed by atoms with Crippen LogP contribution in [0.2, 0.25) is 0 Å². The number of nitrogens with one attached hydrogen (secondary N) is 2. The lowest BCUT2D eigenvalue weighted by Gasteiger charge is -2.08. The Kier molecular flexibility index (Phi) is 7.82. The summed E-state index contributed by atoms with van der Waals surface area (Å²) in [5.41, 5.74) is 0. The Labute approximate surface area is 168 Å². The van der Waals surface area contributed by atoms with Gasteiger partial charge in [-0.15, -0.1) is 0 Å². The van der Waals surface area contributed by atoms with E-state index in [1.807, 2.05) is 0 Å². The van der Waals surface area contributed by atoms with E-state index in [2.05, 4.69) is 10.0 Å². The van der Waals surface area contributed by atoms with Gasteiger partial charge >= 0.3 is 0 Å². The van der Waals surface area contributed by atoms with Gasteiger partial charge in [0.2, 0.25) is 15.9 Å². The first-order chi connectivity index (χ1) is 13.6. The molecule has 0 aliphatic heterocycles. The number of carbonyl (C=O) groups is 1. The van der Waals surface area contributed by atoms with E-state index in [1.165, 1.54) is 12.1 Å². The maximum atomic E-state index is 13.2. The van der Waals surface area contributed by atoms with Gasteiger partial charge in [0.25, 0.3) is 0 Å². The van der Waals surface area contributed by atoms with Crippen molar-refractivity contribution in [3.8, 4) is 0 Å². The van der Waals surface area contributed by atoms with Crippen LogP contribution >= 0.6 is 0 Å². The van der Waals surface area contributed by atoms with Crippen molar-refractivity contribution in [2.45, 2.75) is 22.6 Å². The van der Waals surface area contributed by atoms with Gasteiger partial charge in [0.1, 0.15) is 0 Å². The lowest BCUT2D eigenvalue weighted by atomic mass is 10.3. The van der Waals surface area contributed by atoms with Gasteiger partial charge in [-0.05, 0) is 36.8 Å². The largest absolute Gasteiger partial charge is 0.356 e. The molecule has 0 unspecified atom stereocenters. The van der Waals surface area contributed by atoms with Crippen molar-refractivity contribution in [2.24, 2.45) is 0 Å². The first kappa shape index (κ1) is 22.9. The molecule has 11 heteroatoms. The quantitative estimate of drug-likeness (QED) is 0.539. The molecule has 2 aromatic carbocycles. The normalized spacial score (nSPS) is 11.9. The van der Waals surface area contributed by atoms with E-state index < -0.39 is 42.3 Å². The number of rotatable bonds is 10. The molecule has 0 bridgehead atoms. The minimum Gasteiger partial charge on any atom is -0.356 e. The number of halogens is 2. The van der Waals surface area contributed by atoms with Gasteiger partial charge in [0.05, 0.1) is 15.5 Å². The standard InChI is InChI=1S/C18H20F2N2O5S2/c19-16-8-7-15(13-17(16)20)29(26,27)22-11-9-18(23)21-10-4-12-28(24,25)14-5-2-1-3-6-14/h1-3,5-8,13,22H,4,9-12H2,(H,21,23). The third-order valence-corrected chi connectivity index (χ3v) is 7.14. The van der Waals surface area contributed by atoms with Crippen molar-refractivity contribution in [1.29, 1.82) is 0 Å². The minimum absolute atomic E-state index is 0.112. The summed E-state index contributed by atoms with van der Waals surface area (Å²) >= 11 is 0. The lowest BCUT2D eigenvalue weighted by Crippen LogP contribution is -2.31. The highest BCUT2D eigenvalue weighted by Gasteiger charge is 2.17. The Morgan fingerprint density at radius 3 is 2.21 bits per heavy atom. The van der Waals surface area contributed by atoms with Gasteiger partial charge in [-0.1, -0.05) is 18.2 Å². The monoisotopic (exact) mass is 446 g/mol.